The van der Waals surface area contributed by atoms with Gasteiger partial charge in [0.2, 0.25) is 0 Å². The van der Waals surface area contributed by atoms with Gasteiger partial charge in [-0.05, 0) is 32.4 Å². The fourth-order valence-corrected chi connectivity index (χ4v) is 3.48. The van der Waals surface area contributed by atoms with Crippen molar-refractivity contribution in [3.63, 3.8) is 0 Å². The molecule has 1 N–H and O–H groups in total. The molecule has 0 aliphatic carbocycles. The Morgan fingerprint density at radius 1 is 1.30 bits per heavy atom. The Balaban J connectivity index is 1.51. The smallest absolute Gasteiger partial charge is 0.369 e. The van der Waals surface area contributed by atoms with E-state index in [4.69, 9.17) is 4.74 Å². The van der Waals surface area contributed by atoms with Gasteiger partial charge in [0.25, 0.3) is 0 Å². The largest absolute Gasteiger partial charge is 0.401 e. The number of imidazole rings is 1. The summed E-state index contributed by atoms with van der Waals surface area (Å²) in [6.45, 7) is 0.847. The first kappa shape index (κ1) is 16.7. The maximum atomic E-state index is 12.4. The van der Waals surface area contributed by atoms with Crippen molar-refractivity contribution in [1.29, 1.82) is 0 Å². The normalized spacial score (nSPS) is 27.7. The first-order valence-corrected chi connectivity index (χ1v) is 8.06. The number of aryl methyl sites for hydroxylation is 1. The number of nitrogens with one attached hydrogen (secondary N) is 1. The molecule has 3 heterocycles. The molecular weight excluding hydrogens is 309 g/mol. The molecule has 2 aliphatic heterocycles. The van der Waals surface area contributed by atoms with E-state index in [2.05, 4.69) is 10.3 Å². The summed E-state index contributed by atoms with van der Waals surface area (Å²) in [7, 11) is 1.94. The second-order valence-corrected chi connectivity index (χ2v) is 6.42. The summed E-state index contributed by atoms with van der Waals surface area (Å²) in [5, 5.41) is 3.58. The number of hydrogen-bond donors (Lipinski definition) is 1. The maximum absolute atomic E-state index is 12.4. The number of piperidine rings is 1. The standard InChI is InChI=1S/C15H23F3N4O/c1-21-8-5-19-14(21)13-12(4-9-23-13)20-11-2-6-22(7-3-11)10-15(16,17)18/h5,8,11-13,20H,2-4,6-7,9-10H2,1H3/t12-,13-/m0/s1. The van der Waals surface area contributed by atoms with E-state index in [1.54, 1.807) is 6.20 Å². The van der Waals surface area contributed by atoms with Gasteiger partial charge in [0.15, 0.2) is 0 Å². The van der Waals surface area contributed by atoms with Crippen molar-refractivity contribution in [2.75, 3.05) is 26.2 Å². The second kappa shape index (κ2) is 6.78. The molecule has 0 spiro atoms. The molecule has 2 fully saturated rings. The third kappa shape index (κ3) is 4.24. The number of hydrogen-bond acceptors (Lipinski definition) is 4. The summed E-state index contributed by atoms with van der Waals surface area (Å²) in [5.41, 5.74) is 0. The molecule has 23 heavy (non-hydrogen) atoms. The van der Waals surface area contributed by atoms with Crippen LogP contribution in [0.1, 0.15) is 31.2 Å². The predicted octanol–water partition coefficient (Wildman–Crippen LogP) is 1.87. The third-order valence-corrected chi connectivity index (χ3v) is 4.64. The summed E-state index contributed by atoms with van der Waals surface area (Å²) in [5.74, 6) is 0.898. The highest BCUT2D eigenvalue weighted by atomic mass is 19.4. The van der Waals surface area contributed by atoms with E-state index in [9.17, 15) is 13.2 Å². The lowest BCUT2D eigenvalue weighted by Crippen LogP contribution is -2.48. The molecule has 130 valence electrons. The van der Waals surface area contributed by atoms with Crippen molar-refractivity contribution in [3.05, 3.63) is 18.2 Å². The topological polar surface area (TPSA) is 42.3 Å². The summed E-state index contributed by atoms with van der Waals surface area (Å²) in [4.78, 5) is 5.84. The van der Waals surface area contributed by atoms with E-state index < -0.39 is 12.7 Å². The molecule has 0 amide bonds. The number of nitrogens with zero attached hydrogens (tertiary/aromatic N) is 3. The SMILES string of the molecule is Cn1ccnc1[C@H]1OCC[C@@H]1NC1CCN(CC(F)(F)F)CC1. The Morgan fingerprint density at radius 2 is 2.04 bits per heavy atom. The molecule has 2 aliphatic rings. The second-order valence-electron chi connectivity index (χ2n) is 6.42. The Kier molecular flexibility index (Phi) is 4.93. The van der Waals surface area contributed by atoms with Gasteiger partial charge in [0.05, 0.1) is 6.54 Å². The minimum atomic E-state index is -4.11. The summed E-state index contributed by atoms with van der Waals surface area (Å²) >= 11 is 0. The summed E-state index contributed by atoms with van der Waals surface area (Å²) < 4.78 is 45.1. The molecule has 0 saturated carbocycles. The van der Waals surface area contributed by atoms with Gasteiger partial charge in [-0.3, -0.25) is 4.90 Å². The van der Waals surface area contributed by atoms with Crippen molar-refractivity contribution >= 4 is 0 Å². The predicted molar refractivity (Wildman–Crippen MR) is 79.0 cm³/mol. The highest BCUT2D eigenvalue weighted by molar-refractivity contribution is 5.03. The Hall–Kier alpha value is -1.12. The van der Waals surface area contributed by atoms with Crippen LogP contribution in [0.5, 0.6) is 0 Å². The zero-order chi connectivity index (χ0) is 16.4. The third-order valence-electron chi connectivity index (χ3n) is 4.64. The zero-order valence-corrected chi connectivity index (χ0v) is 13.2. The van der Waals surface area contributed by atoms with Crippen LogP contribution in [0.25, 0.3) is 0 Å². The maximum Gasteiger partial charge on any atom is 0.401 e. The van der Waals surface area contributed by atoms with Crippen molar-refractivity contribution in [2.45, 2.75) is 43.6 Å². The fourth-order valence-electron chi connectivity index (χ4n) is 3.48. The number of halogens is 3. The van der Waals surface area contributed by atoms with Gasteiger partial charge in [-0.25, -0.2) is 4.98 Å². The Bertz CT molecular complexity index is 511. The van der Waals surface area contributed by atoms with Gasteiger partial charge in [0, 0.05) is 38.1 Å². The lowest BCUT2D eigenvalue weighted by atomic mass is 10.0. The van der Waals surface area contributed by atoms with E-state index in [1.165, 1.54) is 4.90 Å². The van der Waals surface area contributed by atoms with Crippen molar-refractivity contribution in [3.8, 4) is 0 Å². The highest BCUT2D eigenvalue weighted by Crippen LogP contribution is 2.29. The molecule has 2 atom stereocenters. The van der Waals surface area contributed by atoms with E-state index in [0.717, 1.165) is 25.1 Å². The van der Waals surface area contributed by atoms with Crippen LogP contribution in [0.4, 0.5) is 13.2 Å². The van der Waals surface area contributed by atoms with Gasteiger partial charge in [-0.15, -0.1) is 0 Å². The van der Waals surface area contributed by atoms with Crippen LogP contribution in [0.15, 0.2) is 12.4 Å². The quantitative estimate of drug-likeness (QED) is 0.914. The van der Waals surface area contributed by atoms with Crippen molar-refractivity contribution in [2.24, 2.45) is 7.05 Å². The highest BCUT2D eigenvalue weighted by Gasteiger charge is 2.36. The van der Waals surface area contributed by atoms with Gasteiger partial charge >= 0.3 is 6.18 Å². The van der Waals surface area contributed by atoms with Crippen molar-refractivity contribution in [1.82, 2.24) is 19.8 Å². The van der Waals surface area contributed by atoms with Gasteiger partial charge in [0.1, 0.15) is 11.9 Å². The van der Waals surface area contributed by atoms with Crippen LogP contribution < -0.4 is 5.32 Å². The molecule has 0 unspecified atom stereocenters. The van der Waals surface area contributed by atoms with Crippen molar-refractivity contribution < 1.29 is 17.9 Å². The molecule has 0 bridgehead atoms. The molecule has 0 aromatic carbocycles. The van der Waals surface area contributed by atoms with Gasteiger partial charge in [-0.2, -0.15) is 13.2 Å². The van der Waals surface area contributed by atoms with Crippen LogP contribution in [-0.4, -0.2) is 59.0 Å². The molecule has 2 saturated heterocycles. The molecule has 0 radical (unpaired) electrons. The zero-order valence-electron chi connectivity index (χ0n) is 13.2. The van der Waals surface area contributed by atoms with Crippen LogP contribution >= 0.6 is 0 Å². The molecule has 5 nitrogen and oxygen atoms in total. The number of alkyl halides is 3. The van der Waals surface area contributed by atoms with E-state index >= 15 is 0 Å². The fraction of sp³-hybridized carbons (Fsp3) is 0.800. The number of aromatic nitrogens is 2. The number of rotatable bonds is 4. The van der Waals surface area contributed by atoms with Crippen LogP contribution in [-0.2, 0) is 11.8 Å². The Labute approximate surface area is 133 Å². The molecule has 8 heteroatoms. The molecule has 3 rings (SSSR count). The van der Waals surface area contributed by atoms with Crippen LogP contribution in [0, 0.1) is 0 Å². The van der Waals surface area contributed by atoms with E-state index in [-0.39, 0.29) is 18.2 Å². The lowest BCUT2D eigenvalue weighted by molar-refractivity contribution is -0.148. The Morgan fingerprint density at radius 3 is 2.65 bits per heavy atom. The van der Waals surface area contributed by atoms with Gasteiger partial charge < -0.3 is 14.6 Å². The average molecular weight is 332 g/mol. The first-order chi connectivity index (χ1) is 10.9. The minimum absolute atomic E-state index is 0.0804. The lowest BCUT2D eigenvalue weighted by Gasteiger charge is -2.34. The number of ether oxygens (including phenoxy) is 1. The number of likely N-dealkylation sites (tertiary alicyclic amines) is 1. The molecule has 1 aromatic rings. The molecular formula is C15H23F3N4O. The first-order valence-electron chi connectivity index (χ1n) is 8.06. The monoisotopic (exact) mass is 332 g/mol. The van der Waals surface area contributed by atoms with Crippen LogP contribution in [0.3, 0.4) is 0 Å². The van der Waals surface area contributed by atoms with E-state index in [0.29, 0.717) is 19.7 Å². The minimum Gasteiger partial charge on any atom is -0.369 e. The summed E-state index contributed by atoms with van der Waals surface area (Å²) in [6.07, 6.45) is 1.83. The average Bonchev–Trinajstić information content (AvgIpc) is 3.08. The van der Waals surface area contributed by atoms with E-state index in [1.807, 2.05) is 17.8 Å². The summed E-state index contributed by atoms with van der Waals surface area (Å²) in [6, 6.07) is 0.421. The van der Waals surface area contributed by atoms with Crippen LogP contribution in [0.2, 0.25) is 0 Å². The molecule has 1 aromatic heterocycles. The van der Waals surface area contributed by atoms with Gasteiger partial charge in [-0.1, -0.05) is 0 Å².